The molecule has 6 heteroatoms. The van der Waals surface area contributed by atoms with Gasteiger partial charge in [-0.25, -0.2) is 4.79 Å². The number of carbonyl (C=O) groups excluding carboxylic acids is 1. The number of amides is 2. The number of hydrogen-bond acceptors (Lipinski definition) is 4. The minimum absolute atomic E-state index is 0.155. The van der Waals surface area contributed by atoms with Crippen LogP contribution in [-0.2, 0) is 5.41 Å². The maximum Gasteiger partial charge on any atom is 0.319 e. The van der Waals surface area contributed by atoms with Crippen LogP contribution in [0.3, 0.4) is 0 Å². The lowest BCUT2D eigenvalue weighted by Gasteiger charge is -2.21. The quantitative estimate of drug-likeness (QED) is 0.869. The molecule has 1 aromatic rings. The molecule has 0 radical (unpaired) electrons. The molecule has 0 unspecified atom stereocenters. The third kappa shape index (κ3) is 3.67. The highest BCUT2D eigenvalue weighted by Crippen LogP contribution is 2.35. The van der Waals surface area contributed by atoms with Gasteiger partial charge in [-0.15, -0.1) is 0 Å². The number of rotatable bonds is 5. The van der Waals surface area contributed by atoms with Gasteiger partial charge in [0, 0.05) is 12.0 Å². The van der Waals surface area contributed by atoms with Gasteiger partial charge in [-0.05, 0) is 24.9 Å². The van der Waals surface area contributed by atoms with E-state index in [9.17, 15) is 10.1 Å². The fraction of sp³-hybridized carbons (Fsp3) is 0.615. The van der Waals surface area contributed by atoms with Crippen LogP contribution >= 0.6 is 11.5 Å². The number of nitrogens with zero attached hydrogens (tertiary/aromatic N) is 2. The van der Waals surface area contributed by atoms with Gasteiger partial charge < -0.3 is 5.32 Å². The normalized spacial score (nSPS) is 10.9. The first-order chi connectivity index (χ1) is 8.96. The lowest BCUT2D eigenvalue weighted by molar-refractivity contribution is 0.252. The van der Waals surface area contributed by atoms with Crippen molar-refractivity contribution in [2.45, 2.75) is 46.0 Å². The Hall–Kier alpha value is -1.61. The summed E-state index contributed by atoms with van der Waals surface area (Å²) in [6.45, 7) is 8.63. The van der Waals surface area contributed by atoms with E-state index in [1.54, 1.807) is 0 Å². The number of aromatic nitrogens is 1. The van der Waals surface area contributed by atoms with Crippen molar-refractivity contribution in [3.63, 3.8) is 0 Å². The van der Waals surface area contributed by atoms with Crippen molar-refractivity contribution in [1.29, 1.82) is 5.26 Å². The van der Waals surface area contributed by atoms with E-state index >= 15 is 0 Å². The Balaban J connectivity index is 3.02. The van der Waals surface area contributed by atoms with Crippen molar-refractivity contribution in [2.24, 2.45) is 0 Å². The number of nitriles is 1. The molecule has 0 saturated heterocycles. The molecule has 2 amide bonds. The molecule has 0 aromatic carbocycles. The van der Waals surface area contributed by atoms with Gasteiger partial charge in [0.15, 0.2) is 0 Å². The van der Waals surface area contributed by atoms with Crippen LogP contribution in [0, 0.1) is 11.3 Å². The van der Waals surface area contributed by atoms with Crippen LogP contribution in [0.1, 0.15) is 51.8 Å². The highest BCUT2D eigenvalue weighted by molar-refractivity contribution is 7.10. The Bertz CT molecular complexity index is 487. The Morgan fingerprint density at radius 1 is 1.47 bits per heavy atom. The van der Waals surface area contributed by atoms with Gasteiger partial charge in [0.05, 0.1) is 5.69 Å². The number of nitrogens with one attached hydrogen (secondary N) is 2. The largest absolute Gasteiger partial charge is 0.338 e. The lowest BCUT2D eigenvalue weighted by atomic mass is 9.83. The van der Waals surface area contributed by atoms with E-state index in [2.05, 4.69) is 41.8 Å². The third-order valence-electron chi connectivity index (χ3n) is 2.88. The molecule has 0 atom stereocenters. The van der Waals surface area contributed by atoms with Crippen molar-refractivity contribution < 1.29 is 4.79 Å². The molecule has 1 heterocycles. The highest BCUT2D eigenvalue weighted by atomic mass is 32.1. The highest BCUT2D eigenvalue weighted by Gasteiger charge is 2.28. The second-order valence-electron chi connectivity index (χ2n) is 4.97. The fourth-order valence-electron chi connectivity index (χ4n) is 1.99. The molecular weight excluding hydrogens is 260 g/mol. The summed E-state index contributed by atoms with van der Waals surface area (Å²) in [7, 11) is 0. The first kappa shape index (κ1) is 15.4. The Labute approximate surface area is 118 Å². The molecule has 19 heavy (non-hydrogen) atoms. The molecule has 0 aliphatic carbocycles. The standard InChI is InChI=1S/C13H20N4OS/c1-5-7-13(3,4)10-9(8-14)11(19-17-10)16-12(18)15-6-2/h5-7H2,1-4H3,(H2,15,16,18). The van der Waals surface area contributed by atoms with Gasteiger partial charge in [0.2, 0.25) is 0 Å². The van der Waals surface area contributed by atoms with Gasteiger partial charge in [0.1, 0.15) is 16.6 Å². The number of carbonyl (C=O) groups is 1. The van der Waals surface area contributed by atoms with E-state index in [-0.39, 0.29) is 11.4 Å². The summed E-state index contributed by atoms with van der Waals surface area (Å²) < 4.78 is 4.37. The zero-order chi connectivity index (χ0) is 14.5. The van der Waals surface area contributed by atoms with E-state index in [0.29, 0.717) is 17.1 Å². The van der Waals surface area contributed by atoms with Crippen molar-refractivity contribution in [3.05, 3.63) is 11.3 Å². The van der Waals surface area contributed by atoms with Crippen LogP contribution in [0.4, 0.5) is 9.80 Å². The predicted octanol–water partition coefficient (Wildman–Crippen LogP) is 3.23. The molecule has 0 aliphatic heterocycles. The molecule has 0 aliphatic rings. The first-order valence-corrected chi connectivity index (χ1v) is 7.18. The molecule has 0 saturated carbocycles. The molecule has 0 fully saturated rings. The van der Waals surface area contributed by atoms with Crippen LogP contribution < -0.4 is 10.6 Å². The first-order valence-electron chi connectivity index (χ1n) is 6.41. The van der Waals surface area contributed by atoms with Crippen LogP contribution in [-0.4, -0.2) is 16.9 Å². The summed E-state index contributed by atoms with van der Waals surface area (Å²) in [6.07, 6.45) is 1.97. The minimum atomic E-state index is -0.303. The number of hydrogen-bond donors (Lipinski definition) is 2. The van der Waals surface area contributed by atoms with Crippen molar-refractivity contribution in [2.75, 3.05) is 11.9 Å². The number of urea groups is 1. The van der Waals surface area contributed by atoms with E-state index in [1.165, 1.54) is 0 Å². The van der Waals surface area contributed by atoms with Crippen LogP contribution in [0.25, 0.3) is 0 Å². The minimum Gasteiger partial charge on any atom is -0.338 e. The van der Waals surface area contributed by atoms with Gasteiger partial charge in [-0.3, -0.25) is 5.32 Å². The second-order valence-corrected chi connectivity index (χ2v) is 5.74. The smallest absolute Gasteiger partial charge is 0.319 e. The summed E-state index contributed by atoms with van der Waals surface area (Å²) in [6, 6.07) is 1.86. The van der Waals surface area contributed by atoms with Crippen molar-refractivity contribution in [1.82, 2.24) is 9.69 Å². The van der Waals surface area contributed by atoms with Crippen LogP contribution in [0.5, 0.6) is 0 Å². The van der Waals surface area contributed by atoms with E-state index in [0.717, 1.165) is 30.1 Å². The molecule has 0 bridgehead atoms. The summed E-state index contributed by atoms with van der Waals surface area (Å²) >= 11 is 1.16. The second kappa shape index (κ2) is 6.53. The molecule has 1 rings (SSSR count). The maximum absolute atomic E-state index is 11.5. The van der Waals surface area contributed by atoms with Crippen molar-refractivity contribution >= 4 is 22.6 Å². The fourth-order valence-corrected chi connectivity index (χ4v) is 2.89. The maximum atomic E-state index is 11.5. The molecule has 0 spiro atoms. The summed E-state index contributed by atoms with van der Waals surface area (Å²) in [5, 5.41) is 15.1. The SMILES string of the molecule is CCCC(C)(C)c1nsc(NC(=O)NCC)c1C#N. The Morgan fingerprint density at radius 3 is 2.68 bits per heavy atom. The molecule has 104 valence electrons. The lowest BCUT2D eigenvalue weighted by Crippen LogP contribution is -2.28. The average Bonchev–Trinajstić information content (AvgIpc) is 2.72. The van der Waals surface area contributed by atoms with Gasteiger partial charge in [-0.1, -0.05) is 27.2 Å². The average molecular weight is 280 g/mol. The Kier molecular flexibility index (Phi) is 5.31. The van der Waals surface area contributed by atoms with Gasteiger partial charge in [0.25, 0.3) is 0 Å². The van der Waals surface area contributed by atoms with Crippen LogP contribution in [0.15, 0.2) is 0 Å². The third-order valence-corrected chi connectivity index (χ3v) is 3.65. The zero-order valence-corrected chi connectivity index (χ0v) is 12.6. The summed E-state index contributed by atoms with van der Waals surface area (Å²) in [4.78, 5) is 11.5. The number of anilines is 1. The topological polar surface area (TPSA) is 77.8 Å². The van der Waals surface area contributed by atoms with Gasteiger partial charge >= 0.3 is 6.03 Å². The van der Waals surface area contributed by atoms with Crippen molar-refractivity contribution in [3.8, 4) is 6.07 Å². The molecule has 5 nitrogen and oxygen atoms in total. The van der Waals surface area contributed by atoms with E-state index < -0.39 is 0 Å². The van der Waals surface area contributed by atoms with Crippen LogP contribution in [0.2, 0.25) is 0 Å². The van der Waals surface area contributed by atoms with E-state index in [1.807, 2.05) is 6.92 Å². The Morgan fingerprint density at radius 2 is 2.16 bits per heavy atom. The van der Waals surface area contributed by atoms with Gasteiger partial charge in [-0.2, -0.15) is 9.64 Å². The molecular formula is C13H20N4OS. The van der Waals surface area contributed by atoms with E-state index in [4.69, 9.17) is 0 Å². The molecule has 2 N–H and O–H groups in total. The molecule has 1 aromatic heterocycles. The predicted molar refractivity (Wildman–Crippen MR) is 77.5 cm³/mol. The summed E-state index contributed by atoms with van der Waals surface area (Å²) in [5.74, 6) is 0. The monoisotopic (exact) mass is 280 g/mol. The zero-order valence-electron chi connectivity index (χ0n) is 11.8. The summed E-state index contributed by atoms with van der Waals surface area (Å²) in [5.41, 5.74) is 1.10.